The first kappa shape index (κ1) is 9.68. The van der Waals surface area contributed by atoms with Crippen molar-refractivity contribution in [1.82, 2.24) is 21.3 Å². The predicted octanol–water partition coefficient (Wildman–Crippen LogP) is -0.496. The zero-order valence-electron chi connectivity index (χ0n) is 7.12. The topological polar surface area (TPSA) is 48.1 Å². The minimum atomic E-state index is 0.610. The van der Waals surface area contributed by atoms with Crippen LogP contribution in [0.15, 0.2) is 24.8 Å². The Morgan fingerprint density at radius 1 is 1.00 bits per heavy atom. The fraction of sp³-hybridized carbons (Fsp3) is 0.429. The second kappa shape index (κ2) is 5.46. The van der Waals surface area contributed by atoms with E-state index < -0.39 is 0 Å². The Bertz CT molecular complexity index is 125. The van der Waals surface area contributed by atoms with Gasteiger partial charge in [0.1, 0.15) is 0 Å². The normalized spacial score (nSPS) is 8.18. The molecule has 0 heterocycles. The Kier molecular flexibility index (Phi) is 4.81. The summed E-state index contributed by atoms with van der Waals surface area (Å²) >= 11 is 0. The van der Waals surface area contributed by atoms with E-state index >= 15 is 0 Å². The van der Waals surface area contributed by atoms with Crippen LogP contribution < -0.4 is 21.3 Å². The van der Waals surface area contributed by atoms with Crippen molar-refractivity contribution < 1.29 is 0 Å². The molecule has 0 aromatic heterocycles. The molecule has 0 radical (unpaired) electrons. The molecule has 4 N–H and O–H groups in total. The van der Waals surface area contributed by atoms with Crippen molar-refractivity contribution in [3.8, 4) is 0 Å². The molecule has 4 nitrogen and oxygen atoms in total. The third-order valence-electron chi connectivity index (χ3n) is 1.21. The summed E-state index contributed by atoms with van der Waals surface area (Å²) in [7, 11) is 3.62. The van der Waals surface area contributed by atoms with E-state index in [1.165, 1.54) is 0 Å². The predicted molar refractivity (Wildman–Crippen MR) is 47.5 cm³/mol. The van der Waals surface area contributed by atoms with E-state index in [0.717, 1.165) is 11.6 Å². The highest BCUT2D eigenvalue weighted by Gasteiger charge is 1.87. The molecule has 0 fully saturated rings. The zero-order chi connectivity index (χ0) is 8.69. The van der Waals surface area contributed by atoms with Crippen molar-refractivity contribution in [2.24, 2.45) is 0 Å². The molecule has 0 aromatic rings. The Balaban J connectivity index is 3.27. The van der Waals surface area contributed by atoms with Crippen LogP contribution >= 0.6 is 0 Å². The molecule has 0 amide bonds. The van der Waals surface area contributed by atoms with Crippen molar-refractivity contribution in [3.05, 3.63) is 24.8 Å². The summed E-state index contributed by atoms with van der Waals surface area (Å²) in [6.07, 6.45) is 0. The van der Waals surface area contributed by atoms with Gasteiger partial charge in [0, 0.05) is 14.1 Å². The van der Waals surface area contributed by atoms with Crippen LogP contribution in [0.1, 0.15) is 0 Å². The Morgan fingerprint density at radius 3 is 1.64 bits per heavy atom. The van der Waals surface area contributed by atoms with Crippen LogP contribution in [0, 0.1) is 0 Å². The fourth-order valence-electron chi connectivity index (χ4n) is 0.434. The Morgan fingerprint density at radius 2 is 1.36 bits per heavy atom. The molecule has 0 saturated carbocycles. The van der Waals surface area contributed by atoms with Gasteiger partial charge in [0.15, 0.2) is 0 Å². The van der Waals surface area contributed by atoms with E-state index in [4.69, 9.17) is 0 Å². The van der Waals surface area contributed by atoms with Crippen LogP contribution in [-0.4, -0.2) is 20.8 Å². The van der Waals surface area contributed by atoms with Crippen molar-refractivity contribution in [2.75, 3.05) is 20.8 Å². The van der Waals surface area contributed by atoms with E-state index in [9.17, 15) is 0 Å². The smallest absolute Gasteiger partial charge is 0.0923 e. The van der Waals surface area contributed by atoms with E-state index in [2.05, 4.69) is 34.4 Å². The lowest BCUT2D eigenvalue weighted by Gasteiger charge is -2.11. The van der Waals surface area contributed by atoms with Crippen molar-refractivity contribution in [3.63, 3.8) is 0 Å². The SMILES string of the molecule is C=C(NC)NCNC(=C)NC. The molecule has 0 bridgehead atoms. The third kappa shape index (κ3) is 5.14. The average Bonchev–Trinajstić information content (AvgIpc) is 2.04. The highest BCUT2D eigenvalue weighted by atomic mass is 15.2. The highest BCUT2D eigenvalue weighted by molar-refractivity contribution is 4.89. The largest absolute Gasteiger partial charge is 0.375 e. The standard InChI is InChI=1S/C7H16N4/c1-6(8-3)10-5-11-7(2)9-4/h8-11H,1-2,5H2,3-4H3. The molecule has 11 heavy (non-hydrogen) atoms. The van der Waals surface area contributed by atoms with Gasteiger partial charge >= 0.3 is 0 Å². The minimum Gasteiger partial charge on any atom is -0.375 e. The van der Waals surface area contributed by atoms with Crippen LogP contribution in [0.2, 0.25) is 0 Å². The molecule has 0 spiro atoms. The first-order valence-corrected chi connectivity index (χ1v) is 3.41. The lowest BCUT2D eigenvalue weighted by atomic mass is 10.7. The van der Waals surface area contributed by atoms with Crippen LogP contribution in [0.4, 0.5) is 0 Å². The summed E-state index contributed by atoms with van der Waals surface area (Å²) in [6.45, 7) is 7.98. The Labute approximate surface area is 67.7 Å². The third-order valence-corrected chi connectivity index (χ3v) is 1.21. The summed E-state index contributed by atoms with van der Waals surface area (Å²) in [4.78, 5) is 0. The average molecular weight is 156 g/mol. The molecule has 0 aromatic carbocycles. The second-order valence-electron chi connectivity index (χ2n) is 1.99. The monoisotopic (exact) mass is 156 g/mol. The van der Waals surface area contributed by atoms with E-state index in [0.29, 0.717) is 6.67 Å². The lowest BCUT2D eigenvalue weighted by Crippen LogP contribution is -2.34. The van der Waals surface area contributed by atoms with E-state index in [1.54, 1.807) is 0 Å². The molecule has 0 aliphatic rings. The van der Waals surface area contributed by atoms with Crippen LogP contribution in [0.25, 0.3) is 0 Å². The number of nitrogens with one attached hydrogen (secondary N) is 4. The molecule has 0 saturated heterocycles. The van der Waals surface area contributed by atoms with Gasteiger partial charge in [-0.2, -0.15) is 0 Å². The van der Waals surface area contributed by atoms with E-state index in [1.807, 2.05) is 14.1 Å². The lowest BCUT2D eigenvalue weighted by molar-refractivity contribution is 0.649. The van der Waals surface area contributed by atoms with E-state index in [-0.39, 0.29) is 0 Å². The summed E-state index contributed by atoms with van der Waals surface area (Å²) in [5.74, 6) is 1.56. The summed E-state index contributed by atoms with van der Waals surface area (Å²) in [5, 5.41) is 11.7. The van der Waals surface area contributed by atoms with Gasteiger partial charge in [-0.25, -0.2) is 0 Å². The maximum atomic E-state index is 3.68. The van der Waals surface area contributed by atoms with Crippen molar-refractivity contribution in [2.45, 2.75) is 0 Å². The van der Waals surface area contributed by atoms with Gasteiger partial charge < -0.3 is 21.3 Å². The number of hydrogen-bond acceptors (Lipinski definition) is 4. The second-order valence-corrected chi connectivity index (χ2v) is 1.99. The van der Waals surface area contributed by atoms with Gasteiger partial charge in [-0.1, -0.05) is 13.2 Å². The molecular weight excluding hydrogens is 140 g/mol. The maximum Gasteiger partial charge on any atom is 0.0923 e. The molecule has 4 heteroatoms. The first-order valence-electron chi connectivity index (χ1n) is 3.41. The van der Waals surface area contributed by atoms with Gasteiger partial charge in [0.2, 0.25) is 0 Å². The first-order chi connectivity index (χ1) is 5.20. The van der Waals surface area contributed by atoms with Crippen LogP contribution in [0.3, 0.4) is 0 Å². The fourth-order valence-corrected chi connectivity index (χ4v) is 0.434. The van der Waals surface area contributed by atoms with Gasteiger partial charge in [0.25, 0.3) is 0 Å². The van der Waals surface area contributed by atoms with Crippen molar-refractivity contribution >= 4 is 0 Å². The minimum absolute atomic E-state index is 0.610. The summed E-state index contributed by atoms with van der Waals surface area (Å²) in [5.41, 5.74) is 0. The van der Waals surface area contributed by atoms with Gasteiger partial charge in [-0.05, 0) is 0 Å². The quantitative estimate of drug-likeness (QED) is 0.392. The number of hydrogen-bond donors (Lipinski definition) is 4. The van der Waals surface area contributed by atoms with Gasteiger partial charge in [-0.15, -0.1) is 0 Å². The van der Waals surface area contributed by atoms with Crippen molar-refractivity contribution in [1.29, 1.82) is 0 Å². The molecule has 64 valence electrons. The van der Waals surface area contributed by atoms with Crippen LogP contribution in [0.5, 0.6) is 0 Å². The van der Waals surface area contributed by atoms with Gasteiger partial charge in [-0.3, -0.25) is 0 Å². The molecule has 0 atom stereocenters. The summed E-state index contributed by atoms with van der Waals surface area (Å²) < 4.78 is 0. The number of rotatable bonds is 6. The highest BCUT2D eigenvalue weighted by Crippen LogP contribution is 1.73. The van der Waals surface area contributed by atoms with Crippen LogP contribution in [-0.2, 0) is 0 Å². The Hall–Kier alpha value is -1.32. The summed E-state index contributed by atoms with van der Waals surface area (Å²) in [6, 6.07) is 0. The zero-order valence-corrected chi connectivity index (χ0v) is 7.12. The molecule has 0 rings (SSSR count). The molecule has 0 aliphatic carbocycles. The molecule has 0 unspecified atom stereocenters. The molecule has 0 aliphatic heterocycles. The van der Waals surface area contributed by atoms with Gasteiger partial charge in [0.05, 0.1) is 18.3 Å². The molecular formula is C7H16N4. The maximum absolute atomic E-state index is 3.68.